The van der Waals surface area contributed by atoms with Crippen LogP contribution < -0.4 is 21.7 Å². The van der Waals surface area contributed by atoms with E-state index in [1.807, 2.05) is 0 Å². The number of benzene rings is 3. The average Bonchev–Trinajstić information content (AvgIpc) is 2.41. The Balaban J connectivity index is 2.75. The van der Waals surface area contributed by atoms with E-state index in [1.165, 1.54) is 12.1 Å². The zero-order valence-electron chi connectivity index (χ0n) is 9.70. The second-order valence-electron chi connectivity index (χ2n) is 4.31. The molecular formula is C14H4Br2O4. The van der Waals surface area contributed by atoms with E-state index in [1.54, 1.807) is 0 Å². The van der Waals surface area contributed by atoms with Crippen LogP contribution in [-0.2, 0) is 0 Å². The topological polar surface area (TPSA) is 68.3 Å². The van der Waals surface area contributed by atoms with Gasteiger partial charge in [-0.05, 0) is 12.1 Å². The first-order valence-corrected chi connectivity index (χ1v) is 7.09. The van der Waals surface area contributed by atoms with Gasteiger partial charge in [0.2, 0.25) is 21.7 Å². The third kappa shape index (κ3) is 1.79. The monoisotopic (exact) mass is 394 g/mol. The van der Waals surface area contributed by atoms with Crippen LogP contribution in [0.5, 0.6) is 0 Å². The lowest BCUT2D eigenvalue weighted by Crippen LogP contribution is -2.24. The molecule has 0 heterocycles. The second-order valence-corrected chi connectivity index (χ2v) is 6.02. The van der Waals surface area contributed by atoms with E-state index in [0.29, 0.717) is 19.7 Å². The van der Waals surface area contributed by atoms with Crippen molar-refractivity contribution in [1.82, 2.24) is 0 Å². The standard InChI is InChI=1S/C14H4Br2O4/c15-9-3-12(18)14(20)8-2-6-7(1-5(8)9)13(19)11(17)4-10(6)16/h1-4H. The minimum Gasteiger partial charge on any atom is -0.286 e. The minimum absolute atomic E-state index is 0.218. The molecule has 0 aliphatic carbocycles. The van der Waals surface area contributed by atoms with Gasteiger partial charge in [-0.25, -0.2) is 0 Å². The molecule has 3 rings (SSSR count). The molecule has 0 spiro atoms. The molecule has 0 saturated carbocycles. The van der Waals surface area contributed by atoms with Crippen LogP contribution in [0.4, 0.5) is 0 Å². The Morgan fingerprint density at radius 1 is 0.550 bits per heavy atom. The maximum absolute atomic E-state index is 11.9. The maximum atomic E-state index is 11.9. The van der Waals surface area contributed by atoms with E-state index in [2.05, 4.69) is 31.9 Å². The zero-order chi connectivity index (χ0) is 14.6. The van der Waals surface area contributed by atoms with Gasteiger partial charge in [0.25, 0.3) is 0 Å². The normalized spacial score (nSPS) is 11.3. The molecule has 20 heavy (non-hydrogen) atoms. The van der Waals surface area contributed by atoms with Gasteiger partial charge in [-0.1, -0.05) is 31.9 Å². The van der Waals surface area contributed by atoms with Crippen LogP contribution >= 0.6 is 31.9 Å². The highest BCUT2D eigenvalue weighted by atomic mass is 79.9. The number of rotatable bonds is 0. The largest absolute Gasteiger partial charge is 0.286 e. The Bertz CT molecular complexity index is 1000. The highest BCUT2D eigenvalue weighted by Gasteiger charge is 2.12. The molecule has 0 aliphatic heterocycles. The van der Waals surface area contributed by atoms with E-state index in [0.717, 1.165) is 12.1 Å². The molecule has 0 N–H and O–H groups in total. The van der Waals surface area contributed by atoms with Gasteiger partial charge in [0, 0.05) is 42.6 Å². The average molecular weight is 396 g/mol. The SMILES string of the molecule is O=c1cc(Br)c2cc3c(=O)c(=O)cc(Br)c3cc2c1=O. The molecule has 0 bridgehead atoms. The summed E-state index contributed by atoms with van der Waals surface area (Å²) >= 11 is 6.40. The van der Waals surface area contributed by atoms with E-state index in [9.17, 15) is 19.2 Å². The molecule has 0 saturated heterocycles. The summed E-state index contributed by atoms with van der Waals surface area (Å²) in [5.41, 5.74) is -2.50. The summed E-state index contributed by atoms with van der Waals surface area (Å²) in [5.74, 6) is 0. The van der Waals surface area contributed by atoms with Gasteiger partial charge in [-0.15, -0.1) is 0 Å². The summed E-state index contributed by atoms with van der Waals surface area (Å²) in [6.07, 6.45) is 0. The molecule has 0 atom stereocenters. The molecule has 3 aromatic rings. The quantitative estimate of drug-likeness (QED) is 0.430. The van der Waals surface area contributed by atoms with Crippen LogP contribution in [0.2, 0.25) is 0 Å². The number of fused-ring (bicyclic) bond motifs is 2. The summed E-state index contributed by atoms with van der Waals surface area (Å²) in [7, 11) is 0. The van der Waals surface area contributed by atoms with Crippen LogP contribution in [0.3, 0.4) is 0 Å². The van der Waals surface area contributed by atoms with Gasteiger partial charge in [-0.2, -0.15) is 0 Å². The summed E-state index contributed by atoms with van der Waals surface area (Å²) < 4.78 is 0.844. The Morgan fingerprint density at radius 2 is 0.900 bits per heavy atom. The molecule has 6 heteroatoms. The van der Waals surface area contributed by atoms with Crippen LogP contribution in [0.1, 0.15) is 0 Å². The maximum Gasteiger partial charge on any atom is 0.233 e. The Morgan fingerprint density at radius 3 is 1.25 bits per heavy atom. The smallest absolute Gasteiger partial charge is 0.233 e. The molecule has 0 amide bonds. The molecule has 3 aromatic carbocycles. The summed E-state index contributed by atoms with van der Waals surface area (Å²) in [6.45, 7) is 0. The van der Waals surface area contributed by atoms with Crippen LogP contribution in [0, 0.1) is 0 Å². The van der Waals surface area contributed by atoms with Crippen molar-refractivity contribution in [3.8, 4) is 0 Å². The van der Waals surface area contributed by atoms with Gasteiger partial charge >= 0.3 is 0 Å². The zero-order valence-corrected chi connectivity index (χ0v) is 12.9. The highest BCUT2D eigenvalue weighted by molar-refractivity contribution is 9.11. The lowest BCUT2D eigenvalue weighted by molar-refractivity contribution is 1.50. The highest BCUT2D eigenvalue weighted by Crippen LogP contribution is 2.27. The van der Waals surface area contributed by atoms with Crippen molar-refractivity contribution < 1.29 is 0 Å². The van der Waals surface area contributed by atoms with Crippen molar-refractivity contribution in [3.05, 3.63) is 74.1 Å². The van der Waals surface area contributed by atoms with E-state index >= 15 is 0 Å². The fraction of sp³-hybridized carbons (Fsp3) is 0. The predicted molar refractivity (Wildman–Crippen MR) is 84.3 cm³/mol. The summed E-state index contributed by atoms with van der Waals surface area (Å²) in [6, 6.07) is 5.25. The van der Waals surface area contributed by atoms with Gasteiger partial charge in [0.15, 0.2) is 0 Å². The second kappa shape index (κ2) is 4.43. The van der Waals surface area contributed by atoms with E-state index < -0.39 is 21.7 Å². The molecule has 0 aromatic heterocycles. The molecule has 0 aliphatic rings. The molecule has 0 fully saturated rings. The number of halogens is 2. The van der Waals surface area contributed by atoms with Crippen molar-refractivity contribution in [2.75, 3.05) is 0 Å². The predicted octanol–water partition coefficient (Wildman–Crippen LogP) is 1.83. The third-order valence-electron chi connectivity index (χ3n) is 3.12. The van der Waals surface area contributed by atoms with Crippen LogP contribution in [0.15, 0.2) is 52.4 Å². The number of hydrogen-bond donors (Lipinski definition) is 0. The summed E-state index contributed by atoms with van der Waals surface area (Å²) in [5, 5.41) is 1.32. The molecule has 98 valence electrons. The van der Waals surface area contributed by atoms with E-state index in [-0.39, 0.29) is 10.8 Å². The van der Waals surface area contributed by atoms with Crippen molar-refractivity contribution in [2.24, 2.45) is 0 Å². The van der Waals surface area contributed by atoms with Crippen molar-refractivity contribution in [2.45, 2.75) is 0 Å². The fourth-order valence-corrected chi connectivity index (χ4v) is 3.22. The molecule has 0 unspecified atom stereocenters. The lowest BCUT2D eigenvalue weighted by atomic mass is 10.0. The van der Waals surface area contributed by atoms with Crippen molar-refractivity contribution >= 4 is 53.4 Å². The molecular weight excluding hydrogens is 392 g/mol. The van der Waals surface area contributed by atoms with Crippen molar-refractivity contribution in [1.29, 1.82) is 0 Å². The molecule has 4 nitrogen and oxygen atoms in total. The molecule has 0 radical (unpaired) electrons. The van der Waals surface area contributed by atoms with Gasteiger partial charge in [-0.3, -0.25) is 19.2 Å². The first-order chi connectivity index (χ1) is 9.40. The van der Waals surface area contributed by atoms with Crippen LogP contribution in [0.25, 0.3) is 21.5 Å². The van der Waals surface area contributed by atoms with Gasteiger partial charge in [0.05, 0.1) is 0 Å². The van der Waals surface area contributed by atoms with Crippen LogP contribution in [-0.4, -0.2) is 0 Å². The fourth-order valence-electron chi connectivity index (χ4n) is 2.15. The van der Waals surface area contributed by atoms with Gasteiger partial charge < -0.3 is 0 Å². The number of hydrogen-bond acceptors (Lipinski definition) is 4. The first-order valence-electron chi connectivity index (χ1n) is 5.50. The Labute approximate surface area is 127 Å². The van der Waals surface area contributed by atoms with Gasteiger partial charge in [0.1, 0.15) is 0 Å². The Kier molecular flexibility index (Phi) is 2.95. The van der Waals surface area contributed by atoms with E-state index in [4.69, 9.17) is 0 Å². The minimum atomic E-state index is -0.629. The third-order valence-corrected chi connectivity index (χ3v) is 4.44. The first kappa shape index (κ1) is 13.3. The van der Waals surface area contributed by atoms with Crippen molar-refractivity contribution in [3.63, 3.8) is 0 Å². The summed E-state index contributed by atoms with van der Waals surface area (Å²) in [4.78, 5) is 46.9. The lowest BCUT2D eigenvalue weighted by Gasteiger charge is -2.03. The Hall–Kier alpha value is -1.66.